The third-order valence-corrected chi connectivity index (χ3v) is 4.26. The molecular weight excluding hydrogens is 240 g/mol. The van der Waals surface area contributed by atoms with E-state index in [9.17, 15) is 0 Å². The van der Waals surface area contributed by atoms with Crippen LogP contribution in [0.1, 0.15) is 31.1 Å². The highest BCUT2D eigenvalue weighted by Crippen LogP contribution is 2.30. The molecule has 0 aliphatic carbocycles. The van der Waals surface area contributed by atoms with Gasteiger partial charge in [-0.25, -0.2) is 0 Å². The molecule has 0 aliphatic heterocycles. The Morgan fingerprint density at radius 1 is 1.00 bits per heavy atom. The smallest absolute Gasteiger partial charge is 0.118 e. The van der Waals surface area contributed by atoms with Crippen LogP contribution < -0.4 is 4.74 Å². The molecule has 1 aromatic heterocycles. The van der Waals surface area contributed by atoms with E-state index in [0.29, 0.717) is 0 Å². The van der Waals surface area contributed by atoms with Crippen LogP contribution in [0.3, 0.4) is 0 Å². The van der Waals surface area contributed by atoms with Crippen molar-refractivity contribution in [2.75, 3.05) is 7.11 Å². The highest BCUT2D eigenvalue weighted by Gasteiger charge is 2.03. The number of rotatable bonds is 6. The Bertz CT molecular complexity index is 470. The number of thiophene rings is 1. The van der Waals surface area contributed by atoms with Crippen LogP contribution in [0, 0.1) is 0 Å². The van der Waals surface area contributed by atoms with Crippen LogP contribution in [0.2, 0.25) is 0 Å². The van der Waals surface area contributed by atoms with Gasteiger partial charge in [0.2, 0.25) is 0 Å². The standard InChI is InChI=1S/C16H20OS/c1-3-4-5-6-15-11-12-16(18-15)13-7-9-14(17-2)10-8-13/h7-12H,3-6H2,1-2H3. The number of hydrogen-bond donors (Lipinski definition) is 0. The molecule has 0 saturated heterocycles. The molecule has 0 N–H and O–H groups in total. The molecule has 96 valence electrons. The lowest BCUT2D eigenvalue weighted by Crippen LogP contribution is -1.81. The fraction of sp³-hybridized carbons (Fsp3) is 0.375. The molecule has 0 spiro atoms. The second-order valence-electron chi connectivity index (χ2n) is 4.45. The van der Waals surface area contributed by atoms with Crippen LogP contribution in [-0.2, 0) is 6.42 Å². The highest BCUT2D eigenvalue weighted by atomic mass is 32.1. The van der Waals surface area contributed by atoms with Crippen molar-refractivity contribution in [1.29, 1.82) is 0 Å². The molecule has 0 bridgehead atoms. The third kappa shape index (κ3) is 3.36. The van der Waals surface area contributed by atoms with Gasteiger partial charge in [0.15, 0.2) is 0 Å². The molecule has 0 saturated carbocycles. The lowest BCUT2D eigenvalue weighted by Gasteiger charge is -2.01. The number of ether oxygens (including phenoxy) is 1. The molecular formula is C16H20OS. The summed E-state index contributed by atoms with van der Waals surface area (Å²) in [7, 11) is 1.70. The molecule has 1 aromatic carbocycles. The van der Waals surface area contributed by atoms with E-state index in [0.717, 1.165) is 5.75 Å². The second kappa shape index (κ2) is 6.60. The van der Waals surface area contributed by atoms with Gasteiger partial charge in [-0.1, -0.05) is 19.8 Å². The fourth-order valence-electron chi connectivity index (χ4n) is 1.97. The van der Waals surface area contributed by atoms with Gasteiger partial charge in [-0.2, -0.15) is 0 Å². The molecule has 2 aromatic rings. The minimum absolute atomic E-state index is 0.915. The maximum absolute atomic E-state index is 5.18. The lowest BCUT2D eigenvalue weighted by atomic mass is 10.1. The Morgan fingerprint density at radius 2 is 1.78 bits per heavy atom. The molecule has 0 unspecified atom stereocenters. The highest BCUT2D eigenvalue weighted by molar-refractivity contribution is 7.15. The first-order valence-corrected chi connectivity index (χ1v) is 7.38. The summed E-state index contributed by atoms with van der Waals surface area (Å²) < 4.78 is 5.18. The maximum atomic E-state index is 5.18. The van der Waals surface area contributed by atoms with Crippen LogP contribution >= 0.6 is 11.3 Å². The Morgan fingerprint density at radius 3 is 2.44 bits per heavy atom. The molecule has 1 nitrogen and oxygen atoms in total. The summed E-state index contributed by atoms with van der Waals surface area (Å²) in [6, 6.07) is 12.8. The van der Waals surface area contributed by atoms with Gasteiger partial charge >= 0.3 is 0 Å². The largest absolute Gasteiger partial charge is 0.497 e. The van der Waals surface area contributed by atoms with Crippen molar-refractivity contribution < 1.29 is 4.74 Å². The number of aryl methyl sites for hydroxylation is 1. The van der Waals surface area contributed by atoms with Gasteiger partial charge in [0, 0.05) is 9.75 Å². The van der Waals surface area contributed by atoms with Crippen LogP contribution in [0.5, 0.6) is 5.75 Å². The molecule has 0 amide bonds. The van der Waals surface area contributed by atoms with E-state index in [2.05, 4.69) is 31.2 Å². The second-order valence-corrected chi connectivity index (χ2v) is 5.62. The van der Waals surface area contributed by atoms with E-state index in [1.54, 1.807) is 7.11 Å². The summed E-state index contributed by atoms with van der Waals surface area (Å²) in [6.07, 6.45) is 5.14. The molecule has 18 heavy (non-hydrogen) atoms. The summed E-state index contributed by atoms with van der Waals surface area (Å²) in [5.41, 5.74) is 1.28. The first-order chi connectivity index (χ1) is 8.83. The van der Waals surface area contributed by atoms with Crippen molar-refractivity contribution in [3.63, 3.8) is 0 Å². The van der Waals surface area contributed by atoms with Gasteiger partial charge in [0.25, 0.3) is 0 Å². The molecule has 0 radical (unpaired) electrons. The Balaban J connectivity index is 2.04. The van der Waals surface area contributed by atoms with E-state index in [4.69, 9.17) is 4.74 Å². The van der Waals surface area contributed by atoms with Crippen molar-refractivity contribution in [2.24, 2.45) is 0 Å². The van der Waals surface area contributed by atoms with Crippen molar-refractivity contribution in [3.8, 4) is 16.2 Å². The molecule has 2 rings (SSSR count). The van der Waals surface area contributed by atoms with Crippen molar-refractivity contribution >= 4 is 11.3 Å². The van der Waals surface area contributed by atoms with Gasteiger partial charge in [-0.15, -0.1) is 11.3 Å². The SMILES string of the molecule is CCCCCc1ccc(-c2ccc(OC)cc2)s1. The minimum atomic E-state index is 0.915. The zero-order chi connectivity index (χ0) is 12.8. The Hall–Kier alpha value is -1.28. The molecule has 0 aliphatic rings. The molecule has 2 heteroatoms. The monoisotopic (exact) mass is 260 g/mol. The molecule has 1 heterocycles. The average Bonchev–Trinajstić information content (AvgIpc) is 2.88. The number of hydrogen-bond acceptors (Lipinski definition) is 2. The van der Waals surface area contributed by atoms with Gasteiger partial charge in [0.1, 0.15) is 5.75 Å². The maximum Gasteiger partial charge on any atom is 0.118 e. The fourth-order valence-corrected chi connectivity index (χ4v) is 3.03. The first-order valence-electron chi connectivity index (χ1n) is 6.56. The van der Waals surface area contributed by atoms with Crippen LogP contribution in [-0.4, -0.2) is 7.11 Å². The molecule has 0 atom stereocenters. The predicted octanol–water partition coefficient (Wildman–Crippen LogP) is 5.16. The minimum Gasteiger partial charge on any atom is -0.497 e. The van der Waals surface area contributed by atoms with Gasteiger partial charge in [-0.05, 0) is 54.8 Å². The van der Waals surface area contributed by atoms with E-state index in [1.807, 2.05) is 23.5 Å². The van der Waals surface area contributed by atoms with Gasteiger partial charge in [-0.3, -0.25) is 0 Å². The first kappa shape index (κ1) is 13.2. The summed E-state index contributed by atoms with van der Waals surface area (Å²) in [4.78, 5) is 2.85. The van der Waals surface area contributed by atoms with Gasteiger partial charge < -0.3 is 4.74 Å². The summed E-state index contributed by atoms with van der Waals surface area (Å²) in [6.45, 7) is 2.25. The number of unbranched alkanes of at least 4 members (excludes halogenated alkanes) is 2. The van der Waals surface area contributed by atoms with Crippen molar-refractivity contribution in [2.45, 2.75) is 32.6 Å². The third-order valence-electron chi connectivity index (χ3n) is 3.06. The number of methoxy groups -OCH3 is 1. The zero-order valence-corrected chi connectivity index (χ0v) is 11.9. The van der Waals surface area contributed by atoms with Crippen LogP contribution in [0.4, 0.5) is 0 Å². The lowest BCUT2D eigenvalue weighted by molar-refractivity contribution is 0.415. The van der Waals surface area contributed by atoms with Gasteiger partial charge in [0.05, 0.1) is 7.11 Å². The van der Waals surface area contributed by atoms with Crippen molar-refractivity contribution in [1.82, 2.24) is 0 Å². The Labute approximate surface area is 113 Å². The average molecular weight is 260 g/mol. The zero-order valence-electron chi connectivity index (χ0n) is 11.1. The predicted molar refractivity (Wildman–Crippen MR) is 79.5 cm³/mol. The van der Waals surface area contributed by atoms with Crippen LogP contribution in [0.25, 0.3) is 10.4 Å². The van der Waals surface area contributed by atoms with E-state index >= 15 is 0 Å². The Kier molecular flexibility index (Phi) is 4.82. The van der Waals surface area contributed by atoms with Crippen LogP contribution in [0.15, 0.2) is 36.4 Å². The molecule has 0 fully saturated rings. The van der Waals surface area contributed by atoms with Crippen molar-refractivity contribution in [3.05, 3.63) is 41.3 Å². The quantitative estimate of drug-likeness (QED) is 0.652. The number of benzene rings is 1. The topological polar surface area (TPSA) is 9.23 Å². The summed E-state index contributed by atoms with van der Waals surface area (Å²) >= 11 is 1.91. The van der Waals surface area contributed by atoms with E-state index in [1.165, 1.54) is 41.0 Å². The van der Waals surface area contributed by atoms with E-state index < -0.39 is 0 Å². The summed E-state index contributed by atoms with van der Waals surface area (Å²) in [5, 5.41) is 0. The summed E-state index contributed by atoms with van der Waals surface area (Å²) in [5.74, 6) is 0.915. The normalized spacial score (nSPS) is 10.6. The van der Waals surface area contributed by atoms with E-state index in [-0.39, 0.29) is 0 Å².